The molecule has 1 spiro atoms. The minimum atomic E-state index is -0.766. The quantitative estimate of drug-likeness (QED) is 0.744. The Labute approximate surface area is 151 Å². The monoisotopic (exact) mass is 357 g/mol. The molecule has 2 atom stereocenters. The third kappa shape index (κ3) is 6.30. The van der Waals surface area contributed by atoms with E-state index in [1.165, 1.54) is 7.11 Å². The van der Waals surface area contributed by atoms with Crippen LogP contribution in [-0.4, -0.2) is 54.5 Å². The first-order valence-electron chi connectivity index (χ1n) is 9.28. The highest BCUT2D eigenvalue weighted by Crippen LogP contribution is 2.36. The summed E-state index contributed by atoms with van der Waals surface area (Å²) in [4.78, 5) is 36.6. The number of rotatable bonds is 3. The zero-order valence-corrected chi connectivity index (χ0v) is 16.6. The zero-order chi connectivity index (χ0) is 19.6. The summed E-state index contributed by atoms with van der Waals surface area (Å²) in [6, 6.07) is -0.766. The molecule has 2 aliphatic heterocycles. The second-order valence-corrected chi connectivity index (χ2v) is 6.04. The van der Waals surface area contributed by atoms with Gasteiger partial charge in [-0.15, -0.1) is 0 Å². The predicted octanol–water partition coefficient (Wildman–Crippen LogP) is 1.45. The summed E-state index contributed by atoms with van der Waals surface area (Å²) in [5, 5.41) is 3.06. The topological polar surface area (TPSA) is 102 Å². The number of nitrogens with zero attached hydrogens (tertiary/aromatic N) is 1. The third-order valence-corrected chi connectivity index (χ3v) is 4.60. The first kappa shape index (κ1) is 23.4. The molecule has 0 aliphatic carbocycles. The Morgan fingerprint density at radius 1 is 1.28 bits per heavy atom. The summed E-state index contributed by atoms with van der Waals surface area (Å²) in [5.41, 5.74) is 5.50. The second kappa shape index (κ2) is 11.1. The van der Waals surface area contributed by atoms with Crippen molar-refractivity contribution in [3.05, 3.63) is 0 Å². The molecule has 2 rings (SSSR count). The van der Waals surface area contributed by atoms with E-state index in [1.54, 1.807) is 11.8 Å². The molecule has 0 aromatic heterocycles. The number of piperidine rings is 1. The van der Waals surface area contributed by atoms with E-state index in [9.17, 15) is 14.4 Å². The van der Waals surface area contributed by atoms with Crippen molar-refractivity contribution in [2.24, 2.45) is 11.7 Å². The molecule has 7 nitrogen and oxygen atoms in total. The van der Waals surface area contributed by atoms with E-state index < -0.39 is 12.0 Å². The predicted molar refractivity (Wildman–Crippen MR) is 97.8 cm³/mol. The van der Waals surface area contributed by atoms with Crippen LogP contribution in [0.25, 0.3) is 0 Å². The first-order chi connectivity index (χ1) is 11.9. The Kier molecular flexibility index (Phi) is 10.4. The van der Waals surface area contributed by atoms with Gasteiger partial charge in [0.1, 0.15) is 6.04 Å². The molecule has 2 fully saturated rings. The Hall–Kier alpha value is -1.63. The van der Waals surface area contributed by atoms with E-state index in [0.717, 1.165) is 12.8 Å². The Bertz CT molecular complexity index is 446. The average molecular weight is 357 g/mol. The van der Waals surface area contributed by atoms with Gasteiger partial charge in [-0.1, -0.05) is 27.7 Å². The van der Waals surface area contributed by atoms with Crippen LogP contribution in [0.2, 0.25) is 0 Å². The van der Waals surface area contributed by atoms with E-state index in [-0.39, 0.29) is 23.3 Å². The van der Waals surface area contributed by atoms with Crippen LogP contribution in [-0.2, 0) is 19.1 Å². The highest BCUT2D eigenvalue weighted by molar-refractivity contribution is 5.84. The Morgan fingerprint density at radius 3 is 2.24 bits per heavy atom. The van der Waals surface area contributed by atoms with E-state index in [0.29, 0.717) is 25.9 Å². The van der Waals surface area contributed by atoms with Crippen LogP contribution in [0, 0.1) is 5.92 Å². The van der Waals surface area contributed by atoms with Crippen LogP contribution in [0.5, 0.6) is 0 Å². The van der Waals surface area contributed by atoms with Crippen molar-refractivity contribution in [1.29, 1.82) is 0 Å². The van der Waals surface area contributed by atoms with Gasteiger partial charge in [0.15, 0.2) is 0 Å². The highest BCUT2D eigenvalue weighted by atomic mass is 16.5. The molecule has 2 aliphatic rings. The van der Waals surface area contributed by atoms with Crippen LogP contribution in [0.15, 0.2) is 0 Å². The summed E-state index contributed by atoms with van der Waals surface area (Å²) in [6.07, 6.45) is 2.48. The number of nitrogens with two attached hydrogens (primary N) is 1. The van der Waals surface area contributed by atoms with Gasteiger partial charge in [0.25, 0.3) is 0 Å². The van der Waals surface area contributed by atoms with Gasteiger partial charge in [0.05, 0.1) is 7.11 Å². The molecule has 146 valence electrons. The Balaban J connectivity index is 0.00000134. The lowest BCUT2D eigenvalue weighted by Crippen LogP contribution is -2.51. The summed E-state index contributed by atoms with van der Waals surface area (Å²) < 4.78 is 4.60. The fourth-order valence-electron chi connectivity index (χ4n) is 3.30. The van der Waals surface area contributed by atoms with Crippen molar-refractivity contribution in [2.75, 3.05) is 20.2 Å². The molecule has 25 heavy (non-hydrogen) atoms. The average Bonchev–Trinajstić information content (AvgIpc) is 2.92. The maximum absolute atomic E-state index is 12.1. The van der Waals surface area contributed by atoms with Crippen LogP contribution in [0.3, 0.4) is 0 Å². The minimum absolute atomic E-state index is 0.0503. The number of ether oxygens (including phenoxy) is 1. The van der Waals surface area contributed by atoms with Gasteiger partial charge >= 0.3 is 5.97 Å². The van der Waals surface area contributed by atoms with Gasteiger partial charge < -0.3 is 20.7 Å². The highest BCUT2D eigenvalue weighted by Gasteiger charge is 2.46. The molecule has 0 bridgehead atoms. The lowest BCUT2D eigenvalue weighted by Gasteiger charge is -2.39. The van der Waals surface area contributed by atoms with Crippen LogP contribution in [0.4, 0.5) is 0 Å². The van der Waals surface area contributed by atoms with Crippen molar-refractivity contribution in [1.82, 2.24) is 10.2 Å². The molecule has 0 saturated carbocycles. The molecule has 0 aromatic carbocycles. The van der Waals surface area contributed by atoms with E-state index in [1.807, 2.05) is 27.7 Å². The summed E-state index contributed by atoms with van der Waals surface area (Å²) in [6.45, 7) is 10.9. The van der Waals surface area contributed by atoms with Crippen molar-refractivity contribution in [3.63, 3.8) is 0 Å². The number of carbonyl (C=O) groups is 3. The second-order valence-electron chi connectivity index (χ2n) is 6.04. The standard InChI is InChI=1S/C14H23N3O4.2C2H6/c1-9(18)17-5-3-14(4-6-17)8-10(12(19)16-14)7-11(15)13(20)21-2;2*1-2/h10-11H,3-8,15H2,1-2H3,(H,16,19);2*1-2H3. The summed E-state index contributed by atoms with van der Waals surface area (Å²) >= 11 is 0. The van der Waals surface area contributed by atoms with Gasteiger partial charge in [-0.2, -0.15) is 0 Å². The number of nitrogens with one attached hydrogen (secondary N) is 1. The largest absolute Gasteiger partial charge is 0.468 e. The molecule has 2 amide bonds. The number of hydrogen-bond acceptors (Lipinski definition) is 5. The molecule has 0 aromatic rings. The van der Waals surface area contributed by atoms with Crippen molar-refractivity contribution >= 4 is 17.8 Å². The maximum Gasteiger partial charge on any atom is 0.322 e. The van der Waals surface area contributed by atoms with Crippen molar-refractivity contribution in [2.45, 2.75) is 71.9 Å². The zero-order valence-electron chi connectivity index (χ0n) is 16.6. The maximum atomic E-state index is 12.1. The van der Waals surface area contributed by atoms with Crippen LogP contribution >= 0.6 is 0 Å². The van der Waals surface area contributed by atoms with Gasteiger partial charge in [0.2, 0.25) is 11.8 Å². The van der Waals surface area contributed by atoms with Crippen LogP contribution in [0.1, 0.15) is 60.3 Å². The molecule has 2 heterocycles. The molecule has 7 heteroatoms. The lowest BCUT2D eigenvalue weighted by atomic mass is 9.82. The normalized spacial score (nSPS) is 22.0. The van der Waals surface area contributed by atoms with Gasteiger partial charge in [-0.05, 0) is 25.7 Å². The molecule has 0 radical (unpaired) electrons. The summed E-state index contributed by atoms with van der Waals surface area (Å²) in [7, 11) is 1.29. The fourth-order valence-corrected chi connectivity index (χ4v) is 3.30. The van der Waals surface area contributed by atoms with E-state index in [2.05, 4.69) is 10.1 Å². The summed E-state index contributed by atoms with van der Waals surface area (Å²) in [5.74, 6) is -0.734. The van der Waals surface area contributed by atoms with Gasteiger partial charge in [-0.25, -0.2) is 0 Å². The first-order valence-corrected chi connectivity index (χ1v) is 9.28. The van der Waals surface area contributed by atoms with Crippen LogP contribution < -0.4 is 11.1 Å². The number of esters is 1. The van der Waals surface area contributed by atoms with Crippen molar-refractivity contribution < 1.29 is 19.1 Å². The van der Waals surface area contributed by atoms with Crippen molar-refractivity contribution in [3.8, 4) is 0 Å². The lowest BCUT2D eigenvalue weighted by molar-refractivity contribution is -0.142. The minimum Gasteiger partial charge on any atom is -0.468 e. The smallest absolute Gasteiger partial charge is 0.322 e. The molecular weight excluding hydrogens is 322 g/mol. The number of amides is 2. The Morgan fingerprint density at radius 2 is 1.80 bits per heavy atom. The van der Waals surface area contributed by atoms with E-state index in [4.69, 9.17) is 5.73 Å². The van der Waals surface area contributed by atoms with Gasteiger partial charge in [-0.3, -0.25) is 14.4 Å². The molecule has 2 saturated heterocycles. The van der Waals surface area contributed by atoms with E-state index >= 15 is 0 Å². The number of likely N-dealkylation sites (tertiary alicyclic amines) is 1. The molecule has 2 unspecified atom stereocenters. The fraction of sp³-hybridized carbons (Fsp3) is 0.833. The molecular formula is C18H35N3O4. The van der Waals surface area contributed by atoms with Gasteiger partial charge in [0, 0.05) is 31.5 Å². The SMILES string of the molecule is CC.CC.COC(=O)C(N)CC1CC2(CCN(C(C)=O)CC2)NC1=O. The molecule has 3 N–H and O–H groups in total. The third-order valence-electron chi connectivity index (χ3n) is 4.60. The number of methoxy groups -OCH3 is 1. The number of hydrogen-bond donors (Lipinski definition) is 2. The number of carbonyl (C=O) groups excluding carboxylic acids is 3.